The lowest BCUT2D eigenvalue weighted by Gasteiger charge is -2.22. The normalized spacial score (nSPS) is 22.5. The van der Waals surface area contributed by atoms with Gasteiger partial charge in [-0.3, -0.25) is 4.79 Å². The van der Waals surface area contributed by atoms with E-state index in [1.165, 1.54) is 0 Å². The van der Waals surface area contributed by atoms with Gasteiger partial charge >= 0.3 is 0 Å². The molecule has 0 spiro atoms. The second kappa shape index (κ2) is 9.05. The van der Waals surface area contributed by atoms with Crippen molar-refractivity contribution in [1.82, 2.24) is 19.5 Å². The summed E-state index contributed by atoms with van der Waals surface area (Å²) in [5.74, 6) is 2.04. The van der Waals surface area contributed by atoms with Gasteiger partial charge in [-0.15, -0.1) is 0 Å². The van der Waals surface area contributed by atoms with E-state index in [9.17, 15) is 4.79 Å². The molecule has 0 aromatic carbocycles. The third-order valence-electron chi connectivity index (χ3n) is 6.09. The van der Waals surface area contributed by atoms with Gasteiger partial charge in [-0.1, -0.05) is 12.1 Å². The minimum Gasteiger partial charge on any atom is -0.376 e. The van der Waals surface area contributed by atoms with Crippen LogP contribution < -0.4 is 21.1 Å². The van der Waals surface area contributed by atoms with E-state index < -0.39 is 0 Å². The minimum atomic E-state index is 0.0314. The number of hydrogen-bond acceptors (Lipinski definition) is 8. The molecule has 2 aromatic rings. The van der Waals surface area contributed by atoms with Gasteiger partial charge in [-0.25, -0.2) is 0 Å². The standard InChI is InChI=1S/C22H29N7O2/c30-19-7-3-5-17-9-8-16(15-29(17)19)13-23-20-25-21(24-14-18-6-4-12-31-18)27-22(26-20)28-10-1-2-11-28/h3,5,7-9,16,18H,1-2,4,6,10-15H2,(H2,23,24,25,26,27). The van der Waals surface area contributed by atoms with Crippen LogP contribution in [0.15, 0.2) is 29.1 Å². The largest absolute Gasteiger partial charge is 0.376 e. The van der Waals surface area contributed by atoms with Gasteiger partial charge in [0.15, 0.2) is 0 Å². The van der Waals surface area contributed by atoms with Crippen molar-refractivity contribution in [2.75, 3.05) is 48.3 Å². The van der Waals surface area contributed by atoms with Gasteiger partial charge in [0.25, 0.3) is 5.56 Å². The Hall–Kier alpha value is -2.94. The topological polar surface area (TPSA) is 97.2 Å². The molecule has 3 aliphatic rings. The first-order valence-electron chi connectivity index (χ1n) is 11.2. The van der Waals surface area contributed by atoms with Crippen molar-refractivity contribution in [2.24, 2.45) is 5.92 Å². The number of anilines is 3. The molecule has 31 heavy (non-hydrogen) atoms. The van der Waals surface area contributed by atoms with E-state index in [-0.39, 0.29) is 17.6 Å². The van der Waals surface area contributed by atoms with Crippen molar-refractivity contribution in [3.63, 3.8) is 0 Å². The summed E-state index contributed by atoms with van der Waals surface area (Å²) in [5, 5.41) is 6.71. The van der Waals surface area contributed by atoms with E-state index >= 15 is 0 Å². The number of fused-ring (bicyclic) bond motifs is 1. The summed E-state index contributed by atoms with van der Waals surface area (Å²) in [4.78, 5) is 28.3. The van der Waals surface area contributed by atoms with Crippen LogP contribution >= 0.6 is 0 Å². The highest BCUT2D eigenvalue weighted by Crippen LogP contribution is 2.20. The van der Waals surface area contributed by atoms with Crippen LogP contribution in [0.1, 0.15) is 31.4 Å². The molecule has 0 radical (unpaired) electrons. The van der Waals surface area contributed by atoms with Crippen molar-refractivity contribution in [2.45, 2.75) is 38.3 Å². The van der Waals surface area contributed by atoms with E-state index in [0.29, 0.717) is 37.5 Å². The first-order valence-corrected chi connectivity index (χ1v) is 11.2. The van der Waals surface area contributed by atoms with Crippen LogP contribution in [0.2, 0.25) is 0 Å². The number of rotatable bonds is 7. The summed E-state index contributed by atoms with van der Waals surface area (Å²) >= 11 is 0. The van der Waals surface area contributed by atoms with Crippen molar-refractivity contribution < 1.29 is 4.74 Å². The van der Waals surface area contributed by atoms with Crippen LogP contribution in [0, 0.1) is 5.92 Å². The Morgan fingerprint density at radius 1 is 1.03 bits per heavy atom. The summed E-state index contributed by atoms with van der Waals surface area (Å²) in [6, 6.07) is 5.36. The van der Waals surface area contributed by atoms with Gasteiger partial charge in [-0.2, -0.15) is 15.0 Å². The van der Waals surface area contributed by atoms with Crippen LogP contribution in [0.3, 0.4) is 0 Å². The number of nitrogens with one attached hydrogen (secondary N) is 2. The number of aromatic nitrogens is 4. The Kier molecular flexibility index (Phi) is 5.84. The molecular weight excluding hydrogens is 394 g/mol. The summed E-state index contributed by atoms with van der Waals surface area (Å²) < 4.78 is 7.51. The molecule has 0 amide bonds. The Morgan fingerprint density at radius 2 is 1.84 bits per heavy atom. The molecule has 5 heterocycles. The van der Waals surface area contributed by atoms with Gasteiger partial charge in [-0.05, 0) is 37.8 Å². The summed E-state index contributed by atoms with van der Waals surface area (Å²) in [6.45, 7) is 4.77. The molecule has 2 unspecified atom stereocenters. The van der Waals surface area contributed by atoms with Crippen LogP contribution in [-0.2, 0) is 11.3 Å². The molecule has 0 aliphatic carbocycles. The number of hydrogen-bond donors (Lipinski definition) is 2. The summed E-state index contributed by atoms with van der Waals surface area (Å²) in [5.41, 5.74) is 0.977. The zero-order chi connectivity index (χ0) is 21.0. The molecule has 2 N–H and O–H groups in total. The highest BCUT2D eigenvalue weighted by Gasteiger charge is 2.20. The van der Waals surface area contributed by atoms with E-state index in [0.717, 1.165) is 51.1 Å². The predicted molar refractivity (Wildman–Crippen MR) is 120 cm³/mol. The molecule has 2 fully saturated rings. The maximum atomic E-state index is 12.2. The molecule has 0 saturated carbocycles. The second-order valence-corrected chi connectivity index (χ2v) is 8.39. The Labute approximate surface area is 181 Å². The third kappa shape index (κ3) is 4.71. The number of nitrogens with zero attached hydrogens (tertiary/aromatic N) is 5. The van der Waals surface area contributed by atoms with Crippen LogP contribution in [0.5, 0.6) is 0 Å². The van der Waals surface area contributed by atoms with Gasteiger partial charge in [0.05, 0.1) is 6.10 Å². The van der Waals surface area contributed by atoms with Gasteiger partial charge < -0.3 is 24.8 Å². The Balaban J connectivity index is 1.28. The molecule has 2 atom stereocenters. The SMILES string of the molecule is O=c1cccc2n1CC(CNc1nc(NCC3CCCO3)nc(N3CCCC3)n1)C=C2. The van der Waals surface area contributed by atoms with E-state index in [1.807, 2.05) is 16.7 Å². The van der Waals surface area contributed by atoms with Crippen molar-refractivity contribution >= 4 is 23.9 Å². The van der Waals surface area contributed by atoms with E-state index in [4.69, 9.17) is 4.74 Å². The fourth-order valence-corrected chi connectivity index (χ4v) is 4.35. The molecule has 2 saturated heterocycles. The molecule has 2 aromatic heterocycles. The highest BCUT2D eigenvalue weighted by molar-refractivity contribution is 5.48. The first-order chi connectivity index (χ1) is 15.2. The van der Waals surface area contributed by atoms with Gasteiger partial charge in [0.1, 0.15) is 0 Å². The van der Waals surface area contributed by atoms with Crippen LogP contribution in [0.4, 0.5) is 17.8 Å². The monoisotopic (exact) mass is 423 g/mol. The molecule has 164 valence electrons. The van der Waals surface area contributed by atoms with Crippen LogP contribution in [-0.4, -0.2) is 58.4 Å². The smallest absolute Gasteiger partial charge is 0.250 e. The predicted octanol–water partition coefficient (Wildman–Crippen LogP) is 1.98. The quantitative estimate of drug-likeness (QED) is 0.698. The molecule has 9 nitrogen and oxygen atoms in total. The molecule has 3 aliphatic heterocycles. The lowest BCUT2D eigenvalue weighted by molar-refractivity contribution is 0.120. The van der Waals surface area contributed by atoms with Crippen molar-refractivity contribution in [1.29, 1.82) is 0 Å². The van der Waals surface area contributed by atoms with Crippen molar-refractivity contribution in [3.8, 4) is 0 Å². The van der Waals surface area contributed by atoms with E-state index in [2.05, 4.69) is 36.6 Å². The molecule has 9 heteroatoms. The van der Waals surface area contributed by atoms with E-state index in [1.54, 1.807) is 12.1 Å². The van der Waals surface area contributed by atoms with Crippen molar-refractivity contribution in [3.05, 3.63) is 40.3 Å². The third-order valence-corrected chi connectivity index (χ3v) is 6.09. The number of ether oxygens (including phenoxy) is 1. The lowest BCUT2D eigenvalue weighted by Crippen LogP contribution is -2.30. The minimum absolute atomic E-state index is 0.0314. The molecular formula is C22H29N7O2. The maximum Gasteiger partial charge on any atom is 0.250 e. The first kappa shape index (κ1) is 20.0. The summed E-state index contributed by atoms with van der Waals surface area (Å²) in [7, 11) is 0. The Morgan fingerprint density at radius 3 is 2.61 bits per heavy atom. The average molecular weight is 424 g/mol. The Bertz CT molecular complexity index is 994. The molecule has 0 bridgehead atoms. The zero-order valence-electron chi connectivity index (χ0n) is 17.7. The lowest BCUT2D eigenvalue weighted by atomic mass is 10.0. The fraction of sp³-hybridized carbons (Fsp3) is 0.545. The summed E-state index contributed by atoms with van der Waals surface area (Å²) in [6.07, 6.45) is 8.86. The highest BCUT2D eigenvalue weighted by atomic mass is 16.5. The van der Waals surface area contributed by atoms with Crippen LogP contribution in [0.25, 0.3) is 6.08 Å². The average Bonchev–Trinajstić information content (AvgIpc) is 3.51. The zero-order valence-corrected chi connectivity index (χ0v) is 17.7. The fourth-order valence-electron chi connectivity index (χ4n) is 4.35. The number of pyridine rings is 1. The second-order valence-electron chi connectivity index (χ2n) is 8.39. The van der Waals surface area contributed by atoms with Gasteiger partial charge in [0.2, 0.25) is 17.8 Å². The molecule has 5 rings (SSSR count). The maximum absolute atomic E-state index is 12.2. The van der Waals surface area contributed by atoms with Gasteiger partial charge in [0, 0.05) is 57.0 Å².